The zero-order chi connectivity index (χ0) is 29.6. The van der Waals surface area contributed by atoms with Crippen molar-refractivity contribution >= 4 is 34.1 Å². The Kier molecular flexibility index (Phi) is 8.18. The van der Waals surface area contributed by atoms with E-state index >= 15 is 8.78 Å². The number of anilines is 2. The lowest BCUT2D eigenvalue weighted by molar-refractivity contribution is -0.0856. The lowest BCUT2D eigenvalue weighted by Gasteiger charge is -2.37. The van der Waals surface area contributed by atoms with Crippen LogP contribution in [-0.4, -0.2) is 58.4 Å². The maximum atomic E-state index is 16.1. The molecule has 2 fully saturated rings. The number of hydrogen-bond acceptors (Lipinski definition) is 5. The minimum Gasteiger partial charge on any atom is -0.358 e. The summed E-state index contributed by atoms with van der Waals surface area (Å²) in [6, 6.07) is 5.19. The van der Waals surface area contributed by atoms with Crippen LogP contribution in [0.4, 0.5) is 20.4 Å². The minimum absolute atomic E-state index is 0.201. The molecule has 8 heteroatoms. The van der Waals surface area contributed by atoms with Gasteiger partial charge in [0.05, 0.1) is 11.6 Å². The van der Waals surface area contributed by atoms with Crippen LogP contribution in [0, 0.1) is 11.8 Å². The van der Waals surface area contributed by atoms with Gasteiger partial charge in [-0.05, 0) is 98.4 Å². The highest BCUT2D eigenvalue weighted by atomic mass is 32.2. The predicted molar refractivity (Wildman–Crippen MR) is 176 cm³/mol. The van der Waals surface area contributed by atoms with Crippen molar-refractivity contribution in [3.05, 3.63) is 64.6 Å². The summed E-state index contributed by atoms with van der Waals surface area (Å²) in [5.74, 6) is 5.26. The lowest BCUT2D eigenvalue weighted by Crippen LogP contribution is -2.40. The molecule has 2 saturated heterocycles. The van der Waals surface area contributed by atoms with E-state index < -0.39 is 11.8 Å². The molecule has 1 aliphatic carbocycles. The van der Waals surface area contributed by atoms with E-state index in [1.165, 1.54) is 31.3 Å². The Labute approximate surface area is 257 Å². The van der Waals surface area contributed by atoms with Crippen molar-refractivity contribution in [1.82, 2.24) is 14.9 Å². The summed E-state index contributed by atoms with van der Waals surface area (Å²) in [7, 11) is 0.253. The number of alkyl halides is 2. The zero-order valence-corrected chi connectivity index (χ0v) is 26.1. The molecule has 0 amide bonds. The van der Waals surface area contributed by atoms with Crippen LogP contribution >= 0.6 is 10.5 Å². The Balaban J connectivity index is 1.23. The normalized spacial score (nSPS) is 30.8. The van der Waals surface area contributed by atoms with Crippen molar-refractivity contribution < 1.29 is 8.78 Å². The molecule has 230 valence electrons. The van der Waals surface area contributed by atoms with E-state index in [0.29, 0.717) is 18.8 Å². The van der Waals surface area contributed by atoms with E-state index in [0.717, 1.165) is 97.4 Å². The monoisotopic (exact) mass is 605 g/mol. The number of nitrogens with one attached hydrogen (secondary N) is 1. The third-order valence-electron chi connectivity index (χ3n) is 10.5. The van der Waals surface area contributed by atoms with Gasteiger partial charge in [0.2, 0.25) is 0 Å². The van der Waals surface area contributed by atoms with Crippen molar-refractivity contribution in [1.29, 1.82) is 0 Å². The van der Waals surface area contributed by atoms with Gasteiger partial charge >= 0.3 is 0 Å². The summed E-state index contributed by atoms with van der Waals surface area (Å²) in [6.07, 6.45) is 14.3. The average molecular weight is 606 g/mol. The first kappa shape index (κ1) is 29.1. The molecule has 1 unspecified atom stereocenters. The highest BCUT2D eigenvalue weighted by Gasteiger charge is 2.49. The maximum Gasteiger partial charge on any atom is 0.276 e. The van der Waals surface area contributed by atoms with Gasteiger partial charge in [0, 0.05) is 23.7 Å². The predicted octanol–water partition coefficient (Wildman–Crippen LogP) is 7.98. The molecular formula is C35H45F2N5S. The Morgan fingerprint density at radius 2 is 1.63 bits per heavy atom. The summed E-state index contributed by atoms with van der Waals surface area (Å²) in [5.41, 5.74) is 5.23. The molecule has 2 aromatic rings. The Morgan fingerprint density at radius 1 is 0.907 bits per heavy atom. The molecule has 1 aromatic carbocycles. The minimum atomic E-state index is -2.84. The summed E-state index contributed by atoms with van der Waals surface area (Å²) < 4.78 is 32.3. The third-order valence-corrected chi connectivity index (χ3v) is 12.2. The van der Waals surface area contributed by atoms with E-state index in [1.807, 2.05) is 6.07 Å². The molecule has 43 heavy (non-hydrogen) atoms. The summed E-state index contributed by atoms with van der Waals surface area (Å²) in [5, 5.41) is 3.59. The smallest absolute Gasteiger partial charge is 0.276 e. The summed E-state index contributed by atoms with van der Waals surface area (Å²) in [4.78, 5) is 14.2. The van der Waals surface area contributed by atoms with E-state index in [-0.39, 0.29) is 22.1 Å². The standard InChI is InChI=1S/C35H45F2N5S/c1-24-28(25-14-20-43(2)21-15-25)22-29-33-38-23-39-34(29)42(24)17-8-6-4-3-5-7-16-41-18-12-26(13-19-41)35(36,37)30-11-9-10-27-31(30)32(27)40-33/h9-11,22-23,25-26,32H,1-8,12-21H2,(H,38,39,40). The molecule has 0 radical (unpaired) electrons. The van der Waals surface area contributed by atoms with E-state index in [1.54, 1.807) is 18.5 Å². The fourth-order valence-electron chi connectivity index (χ4n) is 7.84. The molecule has 1 aromatic heterocycles. The second kappa shape index (κ2) is 12.1. The quantitative estimate of drug-likeness (QED) is 0.334. The van der Waals surface area contributed by atoms with Crippen LogP contribution in [-0.2, 0) is 5.92 Å². The number of piperidine rings is 1. The Morgan fingerprint density at radius 3 is 2.40 bits per heavy atom. The van der Waals surface area contributed by atoms with Gasteiger partial charge in [0.15, 0.2) is 0 Å². The lowest BCUT2D eigenvalue weighted by atomic mass is 9.86. The zero-order valence-electron chi connectivity index (χ0n) is 25.3. The molecule has 6 aliphatic rings. The van der Waals surface area contributed by atoms with Crippen LogP contribution in [0.3, 0.4) is 0 Å². The molecule has 5 nitrogen and oxygen atoms in total. The molecule has 5 aliphatic heterocycles. The topological polar surface area (TPSA) is 44.3 Å². The Bertz CT molecular complexity index is 1420. The van der Waals surface area contributed by atoms with E-state index in [9.17, 15) is 0 Å². The van der Waals surface area contributed by atoms with Crippen LogP contribution in [0.1, 0.15) is 92.5 Å². The highest BCUT2D eigenvalue weighted by Crippen LogP contribution is 2.54. The molecule has 6 bridgehead atoms. The third kappa shape index (κ3) is 5.70. The van der Waals surface area contributed by atoms with E-state index in [2.05, 4.69) is 33.6 Å². The van der Waals surface area contributed by atoms with Gasteiger partial charge in [-0.25, -0.2) is 18.7 Å². The van der Waals surface area contributed by atoms with Crippen LogP contribution < -0.4 is 10.2 Å². The van der Waals surface area contributed by atoms with Gasteiger partial charge in [-0.15, -0.1) is 0 Å². The van der Waals surface area contributed by atoms with Crippen molar-refractivity contribution in [3.8, 4) is 0 Å². The molecule has 0 spiro atoms. The molecule has 1 N–H and O–H groups in total. The maximum absolute atomic E-state index is 16.1. The van der Waals surface area contributed by atoms with Gasteiger partial charge in [-0.3, -0.25) is 0 Å². The molecule has 0 saturated carbocycles. The molecule has 8 rings (SSSR count). The SMILES string of the molecule is C=C1C(C2CCS(=C)CC2)=Cc2c3ncnc2N1CCCCCCCCN1CCC(CC1)C(F)(F)c1cccc2c1C2N3. The second-order valence-electron chi connectivity index (χ2n) is 13.2. The van der Waals surface area contributed by atoms with E-state index in [4.69, 9.17) is 9.97 Å². The number of aromatic nitrogens is 2. The molecule has 6 heterocycles. The molecule has 1 atom stereocenters. The van der Waals surface area contributed by atoms with Crippen molar-refractivity contribution in [2.45, 2.75) is 76.2 Å². The fourth-order valence-corrected chi connectivity index (χ4v) is 9.28. The van der Waals surface area contributed by atoms with Crippen molar-refractivity contribution in [3.63, 3.8) is 0 Å². The first-order valence-electron chi connectivity index (χ1n) is 16.4. The van der Waals surface area contributed by atoms with Gasteiger partial charge in [0.1, 0.15) is 18.0 Å². The largest absolute Gasteiger partial charge is 0.358 e. The van der Waals surface area contributed by atoms with Crippen LogP contribution in [0.15, 0.2) is 42.4 Å². The van der Waals surface area contributed by atoms with Crippen LogP contribution in [0.2, 0.25) is 0 Å². The van der Waals surface area contributed by atoms with Crippen LogP contribution in [0.25, 0.3) is 6.08 Å². The highest BCUT2D eigenvalue weighted by molar-refractivity contribution is 8.14. The van der Waals surface area contributed by atoms with Gasteiger partial charge in [-0.1, -0.05) is 56.3 Å². The number of nitrogens with zero attached hydrogens (tertiary/aromatic N) is 4. The fraction of sp³-hybridized carbons (Fsp3) is 0.571. The van der Waals surface area contributed by atoms with Gasteiger partial charge in [-0.2, -0.15) is 10.5 Å². The second-order valence-corrected chi connectivity index (χ2v) is 15.2. The number of halogens is 2. The molecular weight excluding hydrogens is 560 g/mol. The number of fused-ring (bicyclic) bond motifs is 9. The van der Waals surface area contributed by atoms with Crippen LogP contribution in [0.5, 0.6) is 0 Å². The Hall–Kier alpha value is -2.58. The number of benzene rings is 1. The van der Waals surface area contributed by atoms with Crippen molar-refractivity contribution in [2.24, 2.45) is 11.8 Å². The average Bonchev–Trinajstić information content (AvgIpc) is 3.72. The van der Waals surface area contributed by atoms with Gasteiger partial charge in [0.25, 0.3) is 5.92 Å². The summed E-state index contributed by atoms with van der Waals surface area (Å²) in [6.45, 7) is 8.06. The van der Waals surface area contributed by atoms with Gasteiger partial charge < -0.3 is 15.1 Å². The first-order chi connectivity index (χ1) is 20.9. The number of hydrogen-bond donors (Lipinski definition) is 1. The van der Waals surface area contributed by atoms with Crippen molar-refractivity contribution in [2.75, 3.05) is 47.9 Å². The summed E-state index contributed by atoms with van der Waals surface area (Å²) >= 11 is 0. The number of allylic oxidation sites excluding steroid dienone is 1. The first-order valence-corrected chi connectivity index (χ1v) is 18.2. The number of rotatable bonds is 1.